The predicted molar refractivity (Wildman–Crippen MR) is 91.5 cm³/mol. The Balaban J connectivity index is 2.02. The average molecular weight is 297 g/mol. The Morgan fingerprint density at radius 3 is 2.64 bits per heavy atom. The topological polar surface area (TPSA) is 45.2 Å². The van der Waals surface area contributed by atoms with Gasteiger partial charge in [0.25, 0.3) is 5.91 Å². The maximum atomic E-state index is 12.2. The normalized spacial score (nSPS) is 10.3. The molecule has 0 aliphatic rings. The number of carbonyl (C=O) groups is 1. The summed E-state index contributed by atoms with van der Waals surface area (Å²) in [7, 11) is 2.03. The molecule has 4 nitrogen and oxygen atoms in total. The van der Waals surface area contributed by atoms with Gasteiger partial charge in [0.1, 0.15) is 5.82 Å². The second kappa shape index (κ2) is 7.59. The first kappa shape index (κ1) is 16.0. The molecular weight excluding hydrogens is 274 g/mol. The molecule has 0 spiro atoms. The van der Waals surface area contributed by atoms with E-state index in [9.17, 15) is 4.79 Å². The van der Waals surface area contributed by atoms with Gasteiger partial charge in [0.05, 0.1) is 11.9 Å². The largest absolute Gasteiger partial charge is 0.360 e. The molecule has 2 aromatic rings. The molecule has 116 valence electrons. The zero-order valence-corrected chi connectivity index (χ0v) is 13.5. The van der Waals surface area contributed by atoms with E-state index in [1.165, 1.54) is 0 Å². The van der Waals surface area contributed by atoms with Crippen molar-refractivity contribution < 1.29 is 4.79 Å². The van der Waals surface area contributed by atoms with E-state index in [2.05, 4.69) is 22.1 Å². The monoisotopic (exact) mass is 297 g/mol. The van der Waals surface area contributed by atoms with Crippen LogP contribution in [0.25, 0.3) is 0 Å². The van der Waals surface area contributed by atoms with Gasteiger partial charge >= 0.3 is 0 Å². The molecule has 0 unspecified atom stereocenters. The molecule has 0 atom stereocenters. The molecule has 2 rings (SSSR count). The SMILES string of the molecule is CCCCN(C)c1ccc(NC(=O)c2ccccc2C)cn1. The third kappa shape index (κ3) is 4.07. The van der Waals surface area contributed by atoms with Crippen molar-refractivity contribution in [2.45, 2.75) is 26.7 Å². The van der Waals surface area contributed by atoms with Crippen LogP contribution in [0.1, 0.15) is 35.7 Å². The van der Waals surface area contributed by atoms with Gasteiger partial charge in [-0.05, 0) is 37.1 Å². The standard InChI is InChI=1S/C18H23N3O/c1-4-5-12-21(3)17-11-10-15(13-19-17)20-18(22)16-9-7-6-8-14(16)2/h6-11,13H,4-5,12H2,1-3H3,(H,20,22). The summed E-state index contributed by atoms with van der Waals surface area (Å²) < 4.78 is 0. The molecule has 0 radical (unpaired) electrons. The van der Waals surface area contributed by atoms with Crippen LogP contribution in [0.2, 0.25) is 0 Å². The van der Waals surface area contributed by atoms with Crippen LogP contribution in [0.3, 0.4) is 0 Å². The molecule has 0 bridgehead atoms. The van der Waals surface area contributed by atoms with Gasteiger partial charge in [0.2, 0.25) is 0 Å². The number of carbonyl (C=O) groups excluding carboxylic acids is 1. The summed E-state index contributed by atoms with van der Waals surface area (Å²) in [6.45, 7) is 5.09. The zero-order valence-electron chi connectivity index (χ0n) is 13.5. The first-order chi connectivity index (χ1) is 10.6. The van der Waals surface area contributed by atoms with Gasteiger partial charge in [0, 0.05) is 19.2 Å². The first-order valence-corrected chi connectivity index (χ1v) is 7.66. The molecule has 1 aromatic carbocycles. The number of aryl methyl sites for hydroxylation is 1. The van der Waals surface area contributed by atoms with E-state index in [1.807, 2.05) is 50.4 Å². The van der Waals surface area contributed by atoms with E-state index in [4.69, 9.17) is 0 Å². The number of nitrogens with zero attached hydrogens (tertiary/aromatic N) is 2. The Morgan fingerprint density at radius 1 is 1.23 bits per heavy atom. The molecular formula is C18H23N3O. The van der Waals surface area contributed by atoms with Crippen LogP contribution in [0.15, 0.2) is 42.6 Å². The molecule has 1 heterocycles. The molecule has 1 amide bonds. The Kier molecular flexibility index (Phi) is 5.53. The third-order valence-corrected chi connectivity index (χ3v) is 3.63. The quantitative estimate of drug-likeness (QED) is 0.880. The molecule has 4 heteroatoms. The lowest BCUT2D eigenvalue weighted by molar-refractivity contribution is 0.102. The van der Waals surface area contributed by atoms with Gasteiger partial charge in [-0.25, -0.2) is 4.98 Å². The molecule has 0 aliphatic heterocycles. The number of pyridine rings is 1. The van der Waals surface area contributed by atoms with Gasteiger partial charge in [0.15, 0.2) is 0 Å². The van der Waals surface area contributed by atoms with Crippen molar-refractivity contribution in [3.8, 4) is 0 Å². The number of rotatable bonds is 6. The predicted octanol–water partition coefficient (Wildman–Crippen LogP) is 3.88. The molecule has 1 aromatic heterocycles. The summed E-state index contributed by atoms with van der Waals surface area (Å²) in [4.78, 5) is 18.8. The zero-order chi connectivity index (χ0) is 15.9. The van der Waals surface area contributed by atoms with E-state index in [0.717, 1.165) is 30.8 Å². The van der Waals surface area contributed by atoms with Crippen molar-refractivity contribution in [2.24, 2.45) is 0 Å². The number of amides is 1. The molecule has 0 saturated carbocycles. The van der Waals surface area contributed by atoms with Crippen molar-refractivity contribution in [2.75, 3.05) is 23.8 Å². The van der Waals surface area contributed by atoms with Crippen LogP contribution in [0.5, 0.6) is 0 Å². The smallest absolute Gasteiger partial charge is 0.255 e. The first-order valence-electron chi connectivity index (χ1n) is 7.66. The summed E-state index contributed by atoms with van der Waals surface area (Å²) in [5.74, 6) is 0.814. The van der Waals surface area contributed by atoms with Crippen LogP contribution >= 0.6 is 0 Å². The van der Waals surface area contributed by atoms with Crippen LogP contribution in [-0.2, 0) is 0 Å². The van der Waals surface area contributed by atoms with E-state index in [-0.39, 0.29) is 5.91 Å². The fourth-order valence-electron chi connectivity index (χ4n) is 2.22. The summed E-state index contributed by atoms with van der Waals surface area (Å²) in [5, 5.41) is 2.89. The Labute approximate surface area is 132 Å². The Hall–Kier alpha value is -2.36. The number of unbranched alkanes of at least 4 members (excludes halogenated alkanes) is 1. The van der Waals surface area contributed by atoms with Crippen molar-refractivity contribution in [1.82, 2.24) is 4.98 Å². The fourth-order valence-corrected chi connectivity index (χ4v) is 2.22. The molecule has 22 heavy (non-hydrogen) atoms. The van der Waals surface area contributed by atoms with Crippen LogP contribution < -0.4 is 10.2 Å². The second-order valence-electron chi connectivity index (χ2n) is 5.45. The number of hydrogen-bond acceptors (Lipinski definition) is 3. The van der Waals surface area contributed by atoms with Gasteiger partial charge in [-0.15, -0.1) is 0 Å². The molecule has 0 aliphatic carbocycles. The van der Waals surface area contributed by atoms with Crippen molar-refractivity contribution in [1.29, 1.82) is 0 Å². The average Bonchev–Trinajstić information content (AvgIpc) is 2.53. The van der Waals surface area contributed by atoms with Crippen molar-refractivity contribution in [3.05, 3.63) is 53.7 Å². The highest BCUT2D eigenvalue weighted by Crippen LogP contribution is 2.15. The van der Waals surface area contributed by atoms with Crippen LogP contribution in [-0.4, -0.2) is 24.5 Å². The summed E-state index contributed by atoms with van der Waals surface area (Å²) in [5.41, 5.74) is 2.36. The van der Waals surface area contributed by atoms with Gasteiger partial charge in [-0.3, -0.25) is 4.79 Å². The number of aromatic nitrogens is 1. The minimum absolute atomic E-state index is 0.105. The number of benzene rings is 1. The number of hydrogen-bond donors (Lipinski definition) is 1. The van der Waals surface area contributed by atoms with E-state index in [0.29, 0.717) is 11.3 Å². The van der Waals surface area contributed by atoms with Crippen LogP contribution in [0, 0.1) is 6.92 Å². The number of nitrogens with one attached hydrogen (secondary N) is 1. The minimum Gasteiger partial charge on any atom is -0.360 e. The van der Waals surface area contributed by atoms with Crippen LogP contribution in [0.4, 0.5) is 11.5 Å². The maximum absolute atomic E-state index is 12.2. The van der Waals surface area contributed by atoms with E-state index in [1.54, 1.807) is 6.20 Å². The Bertz CT molecular complexity index is 622. The van der Waals surface area contributed by atoms with Gasteiger partial charge in [-0.2, -0.15) is 0 Å². The Morgan fingerprint density at radius 2 is 2.00 bits per heavy atom. The maximum Gasteiger partial charge on any atom is 0.255 e. The van der Waals surface area contributed by atoms with Crippen molar-refractivity contribution in [3.63, 3.8) is 0 Å². The molecule has 0 saturated heterocycles. The second-order valence-corrected chi connectivity index (χ2v) is 5.45. The molecule has 0 fully saturated rings. The minimum atomic E-state index is -0.105. The van der Waals surface area contributed by atoms with Crippen molar-refractivity contribution >= 4 is 17.4 Å². The van der Waals surface area contributed by atoms with Gasteiger partial charge in [-0.1, -0.05) is 31.5 Å². The van der Waals surface area contributed by atoms with E-state index < -0.39 is 0 Å². The lowest BCUT2D eigenvalue weighted by Gasteiger charge is -2.17. The lowest BCUT2D eigenvalue weighted by atomic mass is 10.1. The third-order valence-electron chi connectivity index (χ3n) is 3.63. The highest BCUT2D eigenvalue weighted by molar-refractivity contribution is 6.05. The van der Waals surface area contributed by atoms with Gasteiger partial charge < -0.3 is 10.2 Å². The summed E-state index contributed by atoms with van der Waals surface area (Å²) >= 11 is 0. The highest BCUT2D eigenvalue weighted by atomic mass is 16.1. The summed E-state index contributed by atoms with van der Waals surface area (Å²) in [6, 6.07) is 11.4. The fraction of sp³-hybridized carbons (Fsp3) is 0.333. The summed E-state index contributed by atoms with van der Waals surface area (Å²) in [6.07, 6.45) is 4.01. The number of anilines is 2. The highest BCUT2D eigenvalue weighted by Gasteiger charge is 2.09. The lowest BCUT2D eigenvalue weighted by Crippen LogP contribution is -2.19. The van der Waals surface area contributed by atoms with E-state index >= 15 is 0 Å². The molecule has 1 N–H and O–H groups in total.